The monoisotopic (exact) mass is 706 g/mol. The quantitative estimate of drug-likeness (QED) is 0.0791. The Morgan fingerprint density at radius 3 is 0.942 bits per heavy atom. The normalized spacial score (nSPS) is 11.3. The fourth-order valence-corrected chi connectivity index (χ4v) is 14.4. The van der Waals surface area contributed by atoms with Gasteiger partial charge in [-0.25, -0.2) is 0 Å². The molecule has 0 aliphatic rings. The second-order valence-electron chi connectivity index (χ2n) is 14.1. The first-order valence-electron chi connectivity index (χ1n) is 19.3. The molecule has 0 heterocycles. The molecule has 7 aromatic rings. The fraction of sp³-hybridized carbons (Fsp3) is 0.160. The minimum absolute atomic E-state index is 1.12. The lowest BCUT2D eigenvalue weighted by atomic mass is 9.97. The highest BCUT2D eigenvalue weighted by atomic mass is 28.3. The van der Waals surface area contributed by atoms with Crippen LogP contribution in [0.1, 0.15) is 50.7 Å². The predicted octanol–water partition coefficient (Wildman–Crippen LogP) is 8.20. The predicted molar refractivity (Wildman–Crippen MR) is 232 cm³/mol. The van der Waals surface area contributed by atoms with Crippen LogP contribution in [0.2, 0.25) is 0 Å². The molecular formula is C50H50Si2. The van der Waals surface area contributed by atoms with Crippen LogP contribution < -0.4 is 31.1 Å². The van der Waals surface area contributed by atoms with Gasteiger partial charge in [-0.3, -0.25) is 0 Å². The lowest BCUT2D eigenvalue weighted by Crippen LogP contribution is -2.52. The van der Waals surface area contributed by atoms with Crippen molar-refractivity contribution in [3.8, 4) is 22.3 Å². The van der Waals surface area contributed by atoms with Gasteiger partial charge >= 0.3 is 0 Å². The fourth-order valence-electron chi connectivity index (χ4n) is 7.82. The Morgan fingerprint density at radius 1 is 0.346 bits per heavy atom. The van der Waals surface area contributed by atoms with Gasteiger partial charge in [-0.05, 0) is 69.4 Å². The van der Waals surface area contributed by atoms with E-state index in [-0.39, 0.29) is 0 Å². The van der Waals surface area contributed by atoms with Gasteiger partial charge in [0.15, 0.2) is 0 Å². The van der Waals surface area contributed by atoms with Crippen LogP contribution in [0.15, 0.2) is 182 Å². The first-order chi connectivity index (χ1) is 25.7. The van der Waals surface area contributed by atoms with Gasteiger partial charge in [0, 0.05) is 0 Å². The maximum Gasteiger partial charge on any atom is 0.133 e. The molecule has 0 nitrogen and oxygen atoms in total. The average Bonchev–Trinajstić information content (AvgIpc) is 3.21. The van der Waals surface area contributed by atoms with Gasteiger partial charge < -0.3 is 0 Å². The minimum Gasteiger partial charge on any atom is -0.0654 e. The highest BCUT2D eigenvalue weighted by Gasteiger charge is 2.25. The largest absolute Gasteiger partial charge is 0.133 e. The molecule has 0 fully saturated rings. The smallest absolute Gasteiger partial charge is 0.0654 e. The third kappa shape index (κ3) is 8.20. The molecule has 0 N–H and O–H groups in total. The number of hydrogen-bond donors (Lipinski definition) is 0. The molecule has 0 saturated carbocycles. The van der Waals surface area contributed by atoms with Crippen molar-refractivity contribution >= 4 is 48.7 Å². The van der Waals surface area contributed by atoms with Gasteiger partial charge in [0.1, 0.15) is 17.6 Å². The number of hydrogen-bond acceptors (Lipinski definition) is 0. The summed E-state index contributed by atoms with van der Waals surface area (Å²) in [6, 6.07) is 69.3. The molecule has 52 heavy (non-hydrogen) atoms. The van der Waals surface area contributed by atoms with Crippen LogP contribution in [-0.4, -0.2) is 17.6 Å². The molecule has 0 bridgehead atoms. The molecule has 7 aromatic carbocycles. The third-order valence-corrected chi connectivity index (χ3v) is 16.9. The lowest BCUT2D eigenvalue weighted by Gasteiger charge is -2.23. The second-order valence-corrected chi connectivity index (χ2v) is 19.8. The van der Waals surface area contributed by atoms with Crippen LogP contribution in [0.5, 0.6) is 0 Å². The Morgan fingerprint density at radius 2 is 0.654 bits per heavy atom. The van der Waals surface area contributed by atoms with Crippen LogP contribution in [-0.2, 0) is 12.8 Å². The summed E-state index contributed by atoms with van der Waals surface area (Å²) in [5.41, 5.74) is 8.23. The molecular weight excluding hydrogens is 657 g/mol. The van der Waals surface area contributed by atoms with Crippen molar-refractivity contribution < 1.29 is 0 Å². The van der Waals surface area contributed by atoms with Crippen LogP contribution in [0.4, 0.5) is 0 Å². The van der Waals surface area contributed by atoms with E-state index in [9.17, 15) is 0 Å². The van der Waals surface area contributed by atoms with E-state index in [1.165, 1.54) is 90.2 Å². The Labute approximate surface area is 315 Å². The Hall–Kier alpha value is -5.03. The van der Waals surface area contributed by atoms with Crippen molar-refractivity contribution in [2.75, 3.05) is 0 Å². The zero-order valence-corrected chi connectivity index (χ0v) is 33.0. The maximum atomic E-state index is 2.55. The summed E-state index contributed by atoms with van der Waals surface area (Å²) in [4.78, 5) is 0. The molecule has 0 spiro atoms. The third-order valence-electron chi connectivity index (χ3n) is 10.5. The van der Waals surface area contributed by atoms with E-state index >= 15 is 0 Å². The van der Waals surface area contributed by atoms with E-state index < -0.39 is 17.6 Å². The topological polar surface area (TPSA) is 0 Å². The molecule has 0 aliphatic carbocycles. The summed E-state index contributed by atoms with van der Waals surface area (Å²) in [6.07, 6.45) is 7.09. The Bertz CT molecular complexity index is 1900. The summed E-state index contributed by atoms with van der Waals surface area (Å²) in [5, 5.41) is 8.88. The van der Waals surface area contributed by atoms with E-state index in [4.69, 9.17) is 0 Å². The molecule has 0 aromatic heterocycles. The first kappa shape index (κ1) is 35.4. The van der Waals surface area contributed by atoms with E-state index in [1.54, 1.807) is 0 Å². The van der Waals surface area contributed by atoms with E-state index in [0.29, 0.717) is 0 Å². The van der Waals surface area contributed by atoms with Crippen LogP contribution in [0.25, 0.3) is 22.3 Å². The number of unbranched alkanes of at least 4 members (excludes halogenated alkanes) is 2. The molecule has 2 heteroatoms. The van der Waals surface area contributed by atoms with Gasteiger partial charge in [-0.2, -0.15) is 0 Å². The summed E-state index contributed by atoms with van der Waals surface area (Å²) in [5.74, 6) is 0. The maximum absolute atomic E-state index is 2.55. The van der Waals surface area contributed by atoms with Gasteiger partial charge in [0.2, 0.25) is 0 Å². The summed E-state index contributed by atoms with van der Waals surface area (Å²) >= 11 is 0. The molecule has 0 atom stereocenters. The number of rotatable bonds is 14. The van der Waals surface area contributed by atoms with Crippen LogP contribution in [0, 0.1) is 0 Å². The van der Waals surface area contributed by atoms with E-state index in [1.807, 2.05) is 0 Å². The van der Waals surface area contributed by atoms with Crippen LogP contribution in [0.3, 0.4) is 0 Å². The molecule has 0 saturated heterocycles. The van der Waals surface area contributed by atoms with Crippen molar-refractivity contribution in [3.63, 3.8) is 0 Å². The molecule has 7 rings (SSSR count). The van der Waals surface area contributed by atoms with Crippen LogP contribution >= 0.6 is 0 Å². The minimum atomic E-state index is -1.75. The highest BCUT2D eigenvalue weighted by Crippen LogP contribution is 2.26. The number of benzene rings is 7. The van der Waals surface area contributed by atoms with Crippen molar-refractivity contribution in [1.29, 1.82) is 0 Å². The van der Waals surface area contributed by atoms with Gasteiger partial charge in [0.25, 0.3) is 0 Å². The molecule has 258 valence electrons. The molecule has 0 unspecified atom stereocenters. The Balaban J connectivity index is 1.35. The van der Waals surface area contributed by atoms with Crippen molar-refractivity contribution in [2.24, 2.45) is 0 Å². The SMILES string of the molecule is CCCCc1ccc(-c2ccc(-c3ccc(CCCC)cc3[SiH](c3ccccc3)c3ccccc3)cc2)c([SiH](c2ccccc2)c2ccccc2)c1. The first-order valence-corrected chi connectivity index (χ1v) is 22.8. The summed E-state index contributed by atoms with van der Waals surface area (Å²) < 4.78 is 0. The van der Waals surface area contributed by atoms with Gasteiger partial charge in [-0.15, -0.1) is 0 Å². The van der Waals surface area contributed by atoms with Gasteiger partial charge in [0.05, 0.1) is 0 Å². The Kier molecular flexibility index (Phi) is 11.9. The zero-order chi connectivity index (χ0) is 35.5. The summed E-state index contributed by atoms with van der Waals surface area (Å²) in [6.45, 7) is 4.58. The van der Waals surface area contributed by atoms with Gasteiger partial charge in [-0.1, -0.05) is 229 Å². The van der Waals surface area contributed by atoms with E-state index in [0.717, 1.165) is 12.8 Å². The van der Waals surface area contributed by atoms with Crippen molar-refractivity contribution in [1.82, 2.24) is 0 Å². The standard InChI is InChI=1S/C50H50Si2/c1-3-5-19-39-29-35-47(49(37-39)51(43-21-11-7-12-22-43)44-23-13-8-14-24-44)41-31-33-42(34-32-41)48-36-30-40(20-6-4-2)38-50(48)52(45-25-15-9-16-26-45)46-27-17-10-18-28-46/h7-18,21-38,51-52H,3-6,19-20H2,1-2H3. The number of aryl methyl sites for hydroxylation is 2. The van der Waals surface area contributed by atoms with Crippen molar-refractivity contribution in [3.05, 3.63) is 193 Å². The lowest BCUT2D eigenvalue weighted by molar-refractivity contribution is 0.795. The second kappa shape index (κ2) is 17.5. The van der Waals surface area contributed by atoms with Crippen molar-refractivity contribution in [2.45, 2.75) is 52.4 Å². The average molecular weight is 707 g/mol. The van der Waals surface area contributed by atoms with E-state index in [2.05, 4.69) is 196 Å². The molecule has 0 amide bonds. The summed E-state index contributed by atoms with van der Waals surface area (Å²) in [7, 11) is -3.51. The molecule has 0 radical (unpaired) electrons. The molecule has 0 aliphatic heterocycles. The highest BCUT2D eigenvalue weighted by molar-refractivity contribution is 6.97. The zero-order valence-electron chi connectivity index (χ0n) is 30.7.